The Labute approximate surface area is 126 Å². The second-order valence-electron chi connectivity index (χ2n) is 4.51. The van der Waals surface area contributed by atoms with Crippen LogP contribution in [0.15, 0.2) is 23.1 Å². The average molecular weight is 313 g/mol. The molecule has 1 rings (SSSR count). The van der Waals surface area contributed by atoms with Crippen LogP contribution in [0.5, 0.6) is 0 Å². The van der Waals surface area contributed by atoms with Gasteiger partial charge in [-0.3, -0.25) is 9.00 Å². The van der Waals surface area contributed by atoms with Crippen LogP contribution in [0.4, 0.5) is 0 Å². The summed E-state index contributed by atoms with van der Waals surface area (Å²) in [6.45, 7) is 3.92. The summed E-state index contributed by atoms with van der Waals surface area (Å²) in [7, 11) is -0.0937. The summed E-state index contributed by atoms with van der Waals surface area (Å²) >= 11 is 0. The van der Waals surface area contributed by atoms with Crippen LogP contribution >= 0.6 is 0 Å². The van der Waals surface area contributed by atoms with Crippen LogP contribution in [0.25, 0.3) is 0 Å². The van der Waals surface area contributed by atoms with Crippen LogP contribution < -0.4 is 5.32 Å². The van der Waals surface area contributed by atoms with Crippen LogP contribution in [-0.4, -0.2) is 46.7 Å². The molecule has 2 N–H and O–H groups in total. The van der Waals surface area contributed by atoms with Gasteiger partial charge in [-0.2, -0.15) is 0 Å². The normalized spacial score (nSPS) is 13.5. The highest BCUT2D eigenvalue weighted by Crippen LogP contribution is 2.17. The maximum atomic E-state index is 12.3. The van der Waals surface area contributed by atoms with E-state index in [1.165, 1.54) is 13.2 Å². The van der Waals surface area contributed by atoms with Crippen molar-refractivity contribution < 1.29 is 23.6 Å². The van der Waals surface area contributed by atoms with E-state index in [4.69, 9.17) is 9.84 Å². The highest BCUT2D eigenvalue weighted by atomic mass is 32.2. The Bertz CT molecular complexity index is 558. The molecule has 116 valence electrons. The van der Waals surface area contributed by atoms with Gasteiger partial charge in [0.2, 0.25) is 5.91 Å². The number of hydrogen-bond donors (Lipinski definition) is 2. The smallest absolute Gasteiger partial charge is 0.335 e. The summed E-state index contributed by atoms with van der Waals surface area (Å²) < 4.78 is 17.1. The van der Waals surface area contributed by atoms with Gasteiger partial charge in [-0.05, 0) is 31.5 Å². The Hall–Kier alpha value is -1.73. The van der Waals surface area contributed by atoms with Crippen molar-refractivity contribution in [3.05, 3.63) is 29.3 Å². The van der Waals surface area contributed by atoms with Gasteiger partial charge in [0.25, 0.3) is 0 Å². The molecule has 1 amide bonds. The minimum atomic E-state index is -1.61. The Morgan fingerprint density at radius 2 is 2.10 bits per heavy atom. The van der Waals surface area contributed by atoms with E-state index in [-0.39, 0.29) is 11.5 Å². The number of carboxylic acids is 1. The van der Waals surface area contributed by atoms with Crippen LogP contribution in [0, 0.1) is 6.92 Å². The lowest BCUT2D eigenvalue weighted by molar-refractivity contribution is -0.120. The fourth-order valence-corrected chi connectivity index (χ4v) is 2.80. The molecule has 0 aliphatic carbocycles. The zero-order chi connectivity index (χ0) is 16.0. The summed E-state index contributed by atoms with van der Waals surface area (Å²) in [5, 5.41) is 10.9. The van der Waals surface area contributed by atoms with E-state index >= 15 is 0 Å². The number of methoxy groups -OCH3 is 1. The average Bonchev–Trinajstić information content (AvgIpc) is 2.46. The Balaban J connectivity index is 2.85. The SMILES string of the molecule is COCCNC(=O)C(C)S(=O)c1ccc(C)c(C(=O)O)c1. The second kappa shape index (κ2) is 7.90. The second-order valence-corrected chi connectivity index (χ2v) is 6.28. The standard InChI is InChI=1S/C14H19NO5S/c1-9-4-5-11(8-12(9)14(17)18)21(19)10(2)13(16)15-6-7-20-3/h4-5,8,10H,6-7H2,1-3H3,(H,15,16)(H,17,18). The number of aryl methyl sites for hydroxylation is 1. The summed E-state index contributed by atoms with van der Waals surface area (Å²) in [4.78, 5) is 23.3. The van der Waals surface area contributed by atoms with Gasteiger partial charge in [0, 0.05) is 18.6 Å². The highest BCUT2D eigenvalue weighted by Gasteiger charge is 2.22. The predicted molar refractivity (Wildman–Crippen MR) is 78.9 cm³/mol. The van der Waals surface area contributed by atoms with Crippen LogP contribution in [0.1, 0.15) is 22.8 Å². The van der Waals surface area contributed by atoms with Crippen molar-refractivity contribution in [3.8, 4) is 0 Å². The Kier molecular flexibility index (Phi) is 6.51. The summed E-state index contributed by atoms with van der Waals surface area (Å²) in [5.41, 5.74) is 0.674. The topological polar surface area (TPSA) is 92.7 Å². The van der Waals surface area contributed by atoms with Gasteiger partial charge >= 0.3 is 5.97 Å². The molecule has 2 unspecified atom stereocenters. The predicted octanol–water partition coefficient (Wildman–Crippen LogP) is 0.952. The van der Waals surface area contributed by atoms with Gasteiger partial charge in [0.05, 0.1) is 23.0 Å². The zero-order valence-electron chi connectivity index (χ0n) is 12.2. The molecule has 1 aromatic carbocycles. The molecule has 1 aromatic rings. The molecule has 0 saturated carbocycles. The number of nitrogens with one attached hydrogen (secondary N) is 1. The molecule has 0 fully saturated rings. The van der Waals surface area contributed by atoms with E-state index in [0.717, 1.165) is 0 Å². The van der Waals surface area contributed by atoms with Crippen molar-refractivity contribution in [2.75, 3.05) is 20.3 Å². The number of aromatic carboxylic acids is 1. The first-order valence-electron chi connectivity index (χ1n) is 6.39. The molecule has 0 aromatic heterocycles. The molecule has 0 saturated heterocycles. The third-order valence-electron chi connectivity index (χ3n) is 2.97. The number of amides is 1. The van der Waals surface area contributed by atoms with Gasteiger partial charge in [0.15, 0.2) is 0 Å². The molecule has 6 nitrogen and oxygen atoms in total. The molecule has 0 radical (unpaired) electrons. The lowest BCUT2D eigenvalue weighted by Crippen LogP contribution is -2.37. The van der Waals surface area contributed by atoms with E-state index in [9.17, 15) is 13.8 Å². The Morgan fingerprint density at radius 3 is 2.67 bits per heavy atom. The monoisotopic (exact) mass is 313 g/mol. The molecule has 0 aliphatic rings. The quantitative estimate of drug-likeness (QED) is 0.731. The molecule has 0 aliphatic heterocycles. The maximum Gasteiger partial charge on any atom is 0.335 e. The molecule has 7 heteroatoms. The molecular weight excluding hydrogens is 294 g/mol. The zero-order valence-corrected chi connectivity index (χ0v) is 13.0. The summed E-state index contributed by atoms with van der Waals surface area (Å²) in [6, 6.07) is 4.52. The third-order valence-corrected chi connectivity index (χ3v) is 4.54. The van der Waals surface area contributed by atoms with Crippen molar-refractivity contribution in [2.45, 2.75) is 24.0 Å². The first-order valence-corrected chi connectivity index (χ1v) is 7.61. The highest BCUT2D eigenvalue weighted by molar-refractivity contribution is 7.86. The van der Waals surface area contributed by atoms with Crippen molar-refractivity contribution in [1.29, 1.82) is 0 Å². The van der Waals surface area contributed by atoms with Crippen molar-refractivity contribution in [2.24, 2.45) is 0 Å². The van der Waals surface area contributed by atoms with Gasteiger partial charge in [0.1, 0.15) is 5.25 Å². The minimum Gasteiger partial charge on any atom is -0.478 e. The fourth-order valence-electron chi connectivity index (χ4n) is 1.68. The largest absolute Gasteiger partial charge is 0.478 e. The number of carboxylic acid groups (broad SMARTS) is 1. The first-order chi connectivity index (χ1) is 9.88. The lowest BCUT2D eigenvalue weighted by Gasteiger charge is -2.13. The van der Waals surface area contributed by atoms with E-state index in [2.05, 4.69) is 5.32 Å². The van der Waals surface area contributed by atoms with Gasteiger partial charge < -0.3 is 15.2 Å². The van der Waals surface area contributed by atoms with Crippen molar-refractivity contribution in [1.82, 2.24) is 5.32 Å². The summed E-state index contributed by atoms with van der Waals surface area (Å²) in [6.07, 6.45) is 0. The Morgan fingerprint density at radius 1 is 1.43 bits per heavy atom. The lowest BCUT2D eigenvalue weighted by atomic mass is 10.1. The van der Waals surface area contributed by atoms with E-state index in [1.54, 1.807) is 26.0 Å². The molecule has 0 heterocycles. The van der Waals surface area contributed by atoms with E-state index < -0.39 is 22.0 Å². The summed E-state index contributed by atoms with van der Waals surface area (Å²) in [5.74, 6) is -1.44. The fraction of sp³-hybridized carbons (Fsp3) is 0.429. The number of carbonyl (C=O) groups is 2. The third kappa shape index (κ3) is 4.64. The van der Waals surface area contributed by atoms with Gasteiger partial charge in [-0.15, -0.1) is 0 Å². The molecule has 0 bridgehead atoms. The molecule has 21 heavy (non-hydrogen) atoms. The molecule has 2 atom stereocenters. The van der Waals surface area contributed by atoms with Crippen LogP contribution in [-0.2, 0) is 20.3 Å². The van der Waals surface area contributed by atoms with Crippen LogP contribution in [0.3, 0.4) is 0 Å². The number of rotatable bonds is 7. The van der Waals surface area contributed by atoms with Crippen LogP contribution in [0.2, 0.25) is 0 Å². The molecular formula is C14H19NO5S. The van der Waals surface area contributed by atoms with Gasteiger partial charge in [-0.1, -0.05) is 6.07 Å². The number of benzene rings is 1. The number of carbonyl (C=O) groups excluding carboxylic acids is 1. The van der Waals surface area contributed by atoms with Crippen molar-refractivity contribution in [3.63, 3.8) is 0 Å². The molecule has 0 spiro atoms. The minimum absolute atomic E-state index is 0.0906. The number of ether oxygens (including phenoxy) is 1. The van der Waals surface area contributed by atoms with E-state index in [0.29, 0.717) is 23.6 Å². The maximum absolute atomic E-state index is 12.3. The van der Waals surface area contributed by atoms with E-state index in [1.807, 2.05) is 0 Å². The first kappa shape index (κ1) is 17.3. The number of hydrogen-bond acceptors (Lipinski definition) is 4. The van der Waals surface area contributed by atoms with Crippen molar-refractivity contribution >= 4 is 22.7 Å². The van der Waals surface area contributed by atoms with Gasteiger partial charge in [-0.25, -0.2) is 4.79 Å².